The number of carboxylic acid groups (broad SMARTS) is 1. The van der Waals surface area contributed by atoms with Gasteiger partial charge in [0.1, 0.15) is 0 Å². The zero-order chi connectivity index (χ0) is 12.4. The van der Waals surface area contributed by atoms with Gasteiger partial charge in [0, 0.05) is 7.05 Å². The normalized spacial score (nSPS) is 10.7. The molecule has 2 aromatic rings. The molecule has 0 aliphatic heterocycles. The zero-order valence-corrected chi connectivity index (χ0v) is 9.66. The maximum atomic E-state index is 10.7. The molecule has 0 aliphatic carbocycles. The number of aryl methyl sites for hydroxylation is 2. The molecule has 0 saturated heterocycles. The first-order valence-electron chi connectivity index (χ1n) is 5.25. The van der Waals surface area contributed by atoms with Crippen LogP contribution in [0.3, 0.4) is 0 Å². The van der Waals surface area contributed by atoms with Crippen LogP contribution < -0.4 is 0 Å². The minimum Gasteiger partial charge on any atom is -0.476 e. The number of hydrogen-bond donors (Lipinski definition) is 1. The molecule has 2 rings (SSSR count). The third-order valence-electron chi connectivity index (χ3n) is 2.47. The average Bonchev–Trinajstić information content (AvgIpc) is 2.87. The van der Waals surface area contributed by atoms with Gasteiger partial charge in [0.15, 0.2) is 5.69 Å². The van der Waals surface area contributed by atoms with E-state index in [-0.39, 0.29) is 5.69 Å². The van der Waals surface area contributed by atoms with E-state index in [9.17, 15) is 4.79 Å². The smallest absolute Gasteiger partial charge is 0.358 e. The van der Waals surface area contributed by atoms with E-state index in [4.69, 9.17) is 5.11 Å². The number of rotatable bonds is 4. The maximum Gasteiger partial charge on any atom is 0.358 e. The monoisotopic (exact) mass is 235 g/mol. The molecule has 1 N–H and O–H groups in total. The van der Waals surface area contributed by atoms with Gasteiger partial charge in [-0.25, -0.2) is 9.48 Å². The Morgan fingerprint density at radius 3 is 2.82 bits per heavy atom. The van der Waals surface area contributed by atoms with Crippen LogP contribution in [0, 0.1) is 0 Å². The van der Waals surface area contributed by atoms with Crippen molar-refractivity contribution in [3.8, 4) is 0 Å². The van der Waals surface area contributed by atoms with E-state index in [1.165, 1.54) is 10.9 Å². The van der Waals surface area contributed by atoms with Crippen molar-refractivity contribution in [3.05, 3.63) is 29.3 Å². The van der Waals surface area contributed by atoms with Gasteiger partial charge >= 0.3 is 5.97 Å². The molecule has 0 aliphatic rings. The van der Waals surface area contributed by atoms with Crippen molar-refractivity contribution in [2.75, 3.05) is 0 Å². The van der Waals surface area contributed by atoms with E-state index < -0.39 is 5.97 Å². The Balaban J connectivity index is 2.19. The summed E-state index contributed by atoms with van der Waals surface area (Å²) in [7, 11) is 1.85. The Hall–Kier alpha value is -2.18. The fraction of sp³-hybridized carbons (Fsp3) is 0.400. The van der Waals surface area contributed by atoms with Crippen molar-refractivity contribution >= 4 is 5.97 Å². The molecule has 0 fully saturated rings. The van der Waals surface area contributed by atoms with Crippen LogP contribution >= 0.6 is 0 Å². The van der Waals surface area contributed by atoms with E-state index in [0.717, 1.165) is 17.8 Å². The summed E-state index contributed by atoms with van der Waals surface area (Å²) in [5, 5.41) is 20.3. The summed E-state index contributed by atoms with van der Waals surface area (Å²) >= 11 is 0. The van der Waals surface area contributed by atoms with E-state index >= 15 is 0 Å². The molecular weight excluding hydrogens is 222 g/mol. The van der Waals surface area contributed by atoms with Gasteiger partial charge in [-0.05, 0) is 12.5 Å². The van der Waals surface area contributed by atoms with E-state index in [0.29, 0.717) is 6.54 Å². The Morgan fingerprint density at radius 1 is 1.53 bits per heavy atom. The number of aromatic carboxylic acids is 1. The van der Waals surface area contributed by atoms with Crippen molar-refractivity contribution in [2.45, 2.75) is 19.9 Å². The molecule has 0 spiro atoms. The van der Waals surface area contributed by atoms with Crippen LogP contribution in [0.2, 0.25) is 0 Å². The molecule has 17 heavy (non-hydrogen) atoms. The second kappa shape index (κ2) is 4.36. The molecule has 2 aromatic heterocycles. The molecular formula is C10H13N5O2. The van der Waals surface area contributed by atoms with Crippen LogP contribution in [0.1, 0.15) is 28.8 Å². The molecule has 0 bridgehead atoms. The van der Waals surface area contributed by atoms with Gasteiger partial charge in [-0.1, -0.05) is 12.1 Å². The molecule has 2 heterocycles. The minimum atomic E-state index is -1.07. The highest BCUT2D eigenvalue weighted by molar-refractivity contribution is 5.84. The second-order valence-corrected chi connectivity index (χ2v) is 3.71. The Labute approximate surface area is 97.7 Å². The highest BCUT2D eigenvalue weighted by atomic mass is 16.4. The fourth-order valence-corrected chi connectivity index (χ4v) is 1.53. The Kier molecular flexibility index (Phi) is 2.90. The lowest BCUT2D eigenvalue weighted by atomic mass is 10.3. The van der Waals surface area contributed by atoms with Gasteiger partial charge in [0.2, 0.25) is 0 Å². The van der Waals surface area contributed by atoms with Crippen molar-refractivity contribution in [1.29, 1.82) is 0 Å². The number of nitrogens with zero attached hydrogens (tertiary/aromatic N) is 5. The van der Waals surface area contributed by atoms with Crippen LogP contribution in [0.5, 0.6) is 0 Å². The zero-order valence-electron chi connectivity index (χ0n) is 9.66. The summed E-state index contributed by atoms with van der Waals surface area (Å²) in [4.78, 5) is 10.7. The van der Waals surface area contributed by atoms with Crippen molar-refractivity contribution in [1.82, 2.24) is 24.8 Å². The molecule has 0 radical (unpaired) electrons. The van der Waals surface area contributed by atoms with Gasteiger partial charge < -0.3 is 5.11 Å². The molecule has 7 nitrogen and oxygen atoms in total. The third-order valence-corrected chi connectivity index (χ3v) is 2.47. The SMILES string of the molecule is CCc1cc(Cn2cc(C(=O)O)nn2)n(C)n1. The van der Waals surface area contributed by atoms with Gasteiger partial charge in [-0.3, -0.25) is 4.68 Å². The summed E-state index contributed by atoms with van der Waals surface area (Å²) in [6, 6.07) is 1.97. The molecule has 0 aromatic carbocycles. The summed E-state index contributed by atoms with van der Waals surface area (Å²) in [5.41, 5.74) is 1.91. The summed E-state index contributed by atoms with van der Waals surface area (Å²) in [5.74, 6) is -1.07. The van der Waals surface area contributed by atoms with E-state index in [1.54, 1.807) is 4.68 Å². The van der Waals surface area contributed by atoms with E-state index in [1.807, 2.05) is 20.0 Å². The quantitative estimate of drug-likeness (QED) is 0.824. The van der Waals surface area contributed by atoms with Gasteiger partial charge in [-0.15, -0.1) is 5.10 Å². The largest absolute Gasteiger partial charge is 0.476 e. The fourth-order valence-electron chi connectivity index (χ4n) is 1.53. The minimum absolute atomic E-state index is 0.0529. The van der Waals surface area contributed by atoms with Crippen molar-refractivity contribution in [3.63, 3.8) is 0 Å². The molecule has 0 unspecified atom stereocenters. The van der Waals surface area contributed by atoms with Crippen LogP contribution in [0.4, 0.5) is 0 Å². The lowest BCUT2D eigenvalue weighted by molar-refractivity contribution is 0.0690. The third kappa shape index (κ3) is 2.32. The highest BCUT2D eigenvalue weighted by Gasteiger charge is 2.10. The number of carbonyl (C=O) groups is 1. The Bertz CT molecular complexity index is 543. The highest BCUT2D eigenvalue weighted by Crippen LogP contribution is 2.06. The van der Waals surface area contributed by atoms with Crippen molar-refractivity contribution < 1.29 is 9.90 Å². The summed E-state index contributed by atoms with van der Waals surface area (Å²) in [6.45, 7) is 2.49. The number of hydrogen-bond acceptors (Lipinski definition) is 4. The van der Waals surface area contributed by atoms with Crippen LogP contribution in [0.15, 0.2) is 12.3 Å². The topological polar surface area (TPSA) is 85.8 Å². The predicted molar refractivity (Wildman–Crippen MR) is 58.7 cm³/mol. The standard InChI is InChI=1S/C10H13N5O2/c1-3-7-4-8(14(2)12-7)5-15-6-9(10(16)17)11-13-15/h4,6H,3,5H2,1-2H3,(H,16,17). The molecule has 7 heteroatoms. The molecule has 90 valence electrons. The van der Waals surface area contributed by atoms with Gasteiger partial charge in [0.25, 0.3) is 0 Å². The lowest BCUT2D eigenvalue weighted by Crippen LogP contribution is -2.06. The first kappa shape index (κ1) is 11.3. The van der Waals surface area contributed by atoms with Crippen LogP contribution in [-0.2, 0) is 20.0 Å². The Morgan fingerprint density at radius 2 is 2.29 bits per heavy atom. The van der Waals surface area contributed by atoms with Crippen LogP contribution in [-0.4, -0.2) is 35.9 Å². The van der Waals surface area contributed by atoms with Crippen molar-refractivity contribution in [2.24, 2.45) is 7.05 Å². The molecule has 0 saturated carbocycles. The average molecular weight is 235 g/mol. The number of aromatic nitrogens is 5. The lowest BCUT2D eigenvalue weighted by Gasteiger charge is -1.99. The molecule has 0 atom stereocenters. The predicted octanol–water partition coefficient (Wildman–Crippen LogP) is 0.320. The number of carboxylic acids is 1. The van der Waals surface area contributed by atoms with Gasteiger partial charge in [-0.2, -0.15) is 5.10 Å². The first-order valence-corrected chi connectivity index (χ1v) is 5.25. The second-order valence-electron chi connectivity index (χ2n) is 3.71. The van der Waals surface area contributed by atoms with E-state index in [2.05, 4.69) is 15.4 Å². The first-order chi connectivity index (χ1) is 8.10. The molecule has 0 amide bonds. The van der Waals surface area contributed by atoms with Gasteiger partial charge in [0.05, 0.1) is 24.1 Å². The summed E-state index contributed by atoms with van der Waals surface area (Å²) < 4.78 is 3.25. The van der Waals surface area contributed by atoms with Crippen LogP contribution in [0.25, 0.3) is 0 Å². The maximum absolute atomic E-state index is 10.7. The summed E-state index contributed by atoms with van der Waals surface area (Å²) in [6.07, 6.45) is 2.27.